The van der Waals surface area contributed by atoms with Gasteiger partial charge in [-0.3, -0.25) is 19.7 Å². The molecule has 3 N–H and O–H groups in total. The number of amides is 1. The number of guanidine groups is 1. The summed E-state index contributed by atoms with van der Waals surface area (Å²) in [7, 11) is 0. The molecule has 1 fully saturated rings. The second kappa shape index (κ2) is 14.1. The number of piperidine rings is 1. The van der Waals surface area contributed by atoms with E-state index in [0.717, 1.165) is 38.4 Å². The van der Waals surface area contributed by atoms with Crippen molar-refractivity contribution in [3.8, 4) is 0 Å². The van der Waals surface area contributed by atoms with Crippen LogP contribution >= 0.6 is 24.0 Å². The van der Waals surface area contributed by atoms with Crippen molar-refractivity contribution in [1.29, 1.82) is 0 Å². The lowest BCUT2D eigenvalue weighted by molar-refractivity contribution is 0.0954. The number of aromatic nitrogens is 1. The maximum Gasteiger partial charge on any atom is 0.252 e. The molecule has 0 radical (unpaired) electrons. The molecule has 2 heterocycles. The number of rotatable bonds is 8. The molecule has 1 saturated heterocycles. The van der Waals surface area contributed by atoms with E-state index >= 15 is 0 Å². The van der Waals surface area contributed by atoms with Crippen LogP contribution in [-0.2, 0) is 6.54 Å². The molecule has 1 aliphatic heterocycles. The van der Waals surface area contributed by atoms with E-state index in [1.54, 1.807) is 24.5 Å². The van der Waals surface area contributed by atoms with E-state index in [4.69, 9.17) is 0 Å². The van der Waals surface area contributed by atoms with E-state index in [1.165, 1.54) is 5.56 Å². The van der Waals surface area contributed by atoms with Crippen LogP contribution in [0.3, 0.4) is 0 Å². The molecule has 7 nitrogen and oxygen atoms in total. The zero-order valence-electron chi connectivity index (χ0n) is 19.0. The van der Waals surface area contributed by atoms with Gasteiger partial charge in [0, 0.05) is 50.7 Å². The first-order valence-electron chi connectivity index (χ1n) is 11.2. The summed E-state index contributed by atoms with van der Waals surface area (Å²) >= 11 is 0. The lowest BCUT2D eigenvalue weighted by atomic mass is 9.97. The third-order valence-corrected chi connectivity index (χ3v) is 5.52. The Balaban J connectivity index is 0.00000363. The number of halogens is 1. The molecular weight excluding hydrogens is 515 g/mol. The van der Waals surface area contributed by atoms with E-state index in [-0.39, 0.29) is 29.9 Å². The lowest BCUT2D eigenvalue weighted by Gasteiger charge is -2.38. The highest BCUT2D eigenvalue weighted by molar-refractivity contribution is 14.0. The van der Waals surface area contributed by atoms with Crippen LogP contribution in [0.15, 0.2) is 59.9 Å². The summed E-state index contributed by atoms with van der Waals surface area (Å²) in [6.07, 6.45) is 5.38. The predicted molar refractivity (Wildman–Crippen MR) is 140 cm³/mol. The van der Waals surface area contributed by atoms with Gasteiger partial charge in [-0.2, -0.15) is 0 Å². The fraction of sp³-hybridized carbons (Fsp3) is 0.458. The van der Waals surface area contributed by atoms with Crippen LogP contribution in [0.25, 0.3) is 0 Å². The summed E-state index contributed by atoms with van der Waals surface area (Å²) in [6, 6.07) is 15.1. The Hall–Kier alpha value is -2.20. The van der Waals surface area contributed by atoms with Crippen LogP contribution in [0, 0.1) is 0 Å². The number of likely N-dealkylation sites (tertiary alicyclic amines) is 1. The van der Waals surface area contributed by atoms with E-state index in [1.807, 2.05) is 0 Å². The number of pyridine rings is 1. The highest BCUT2D eigenvalue weighted by Crippen LogP contribution is 2.19. The summed E-state index contributed by atoms with van der Waals surface area (Å²) in [4.78, 5) is 23.3. The average Bonchev–Trinajstić information content (AvgIpc) is 2.80. The standard InChI is InChI=1S/C24H34N6O.HI/c1-3-26-24(28-14-13-27-23(31)21-10-7-12-25-17-21)29-22-11-15-30(19(2)16-22)18-20-8-5-4-6-9-20;/h4-10,12,17,19,22H,3,11,13-16,18H2,1-2H3,(H,27,31)(H2,26,28,29);1H. The van der Waals surface area contributed by atoms with Gasteiger partial charge in [0.1, 0.15) is 0 Å². The molecule has 174 valence electrons. The fourth-order valence-corrected chi connectivity index (χ4v) is 3.85. The molecule has 1 aliphatic rings. The molecule has 3 rings (SSSR count). The number of carbonyl (C=O) groups is 1. The van der Waals surface area contributed by atoms with Gasteiger partial charge < -0.3 is 16.0 Å². The largest absolute Gasteiger partial charge is 0.357 e. The molecule has 2 unspecified atom stereocenters. The molecule has 2 atom stereocenters. The zero-order valence-corrected chi connectivity index (χ0v) is 21.3. The number of carbonyl (C=O) groups excluding carboxylic acids is 1. The fourth-order valence-electron chi connectivity index (χ4n) is 3.85. The van der Waals surface area contributed by atoms with Crippen LogP contribution in [0.2, 0.25) is 0 Å². The van der Waals surface area contributed by atoms with Crippen LogP contribution in [0.4, 0.5) is 0 Å². The molecule has 0 saturated carbocycles. The third kappa shape index (κ3) is 8.38. The first-order valence-corrected chi connectivity index (χ1v) is 11.2. The number of benzene rings is 1. The Morgan fingerprint density at radius 3 is 2.69 bits per heavy atom. The second-order valence-electron chi connectivity index (χ2n) is 7.93. The minimum Gasteiger partial charge on any atom is -0.357 e. The van der Waals surface area contributed by atoms with Crippen molar-refractivity contribution in [2.45, 2.75) is 45.3 Å². The van der Waals surface area contributed by atoms with E-state index in [9.17, 15) is 4.79 Å². The van der Waals surface area contributed by atoms with Gasteiger partial charge in [-0.25, -0.2) is 0 Å². The minimum atomic E-state index is -0.124. The molecule has 0 spiro atoms. The van der Waals surface area contributed by atoms with Gasteiger partial charge in [-0.15, -0.1) is 24.0 Å². The van der Waals surface area contributed by atoms with Crippen molar-refractivity contribution in [3.63, 3.8) is 0 Å². The first-order chi connectivity index (χ1) is 15.2. The summed E-state index contributed by atoms with van der Waals surface area (Å²) in [6.45, 7) is 8.23. The van der Waals surface area contributed by atoms with Gasteiger partial charge in [0.15, 0.2) is 5.96 Å². The number of nitrogens with zero attached hydrogens (tertiary/aromatic N) is 3. The van der Waals surface area contributed by atoms with Crippen molar-refractivity contribution < 1.29 is 4.79 Å². The third-order valence-electron chi connectivity index (χ3n) is 5.52. The second-order valence-corrected chi connectivity index (χ2v) is 7.93. The van der Waals surface area contributed by atoms with Gasteiger partial charge in [0.05, 0.1) is 12.1 Å². The first kappa shape index (κ1) is 26.1. The van der Waals surface area contributed by atoms with Crippen molar-refractivity contribution in [3.05, 3.63) is 66.0 Å². The van der Waals surface area contributed by atoms with Crippen LogP contribution in [-0.4, -0.2) is 60.0 Å². The van der Waals surface area contributed by atoms with Crippen molar-refractivity contribution >= 4 is 35.8 Å². The lowest BCUT2D eigenvalue weighted by Crippen LogP contribution is -2.51. The highest BCUT2D eigenvalue weighted by Gasteiger charge is 2.25. The maximum absolute atomic E-state index is 12.1. The predicted octanol–water partition coefficient (Wildman–Crippen LogP) is 3.04. The normalized spacial score (nSPS) is 19.0. The Morgan fingerprint density at radius 1 is 1.19 bits per heavy atom. The van der Waals surface area contributed by atoms with E-state index in [0.29, 0.717) is 30.7 Å². The van der Waals surface area contributed by atoms with Crippen LogP contribution < -0.4 is 16.0 Å². The van der Waals surface area contributed by atoms with Gasteiger partial charge in [0.2, 0.25) is 0 Å². The average molecular weight is 550 g/mol. The highest BCUT2D eigenvalue weighted by atomic mass is 127. The molecule has 0 bridgehead atoms. The van der Waals surface area contributed by atoms with Crippen LogP contribution in [0.5, 0.6) is 0 Å². The molecule has 32 heavy (non-hydrogen) atoms. The van der Waals surface area contributed by atoms with Crippen LogP contribution in [0.1, 0.15) is 42.6 Å². The van der Waals surface area contributed by atoms with Crippen molar-refractivity contribution in [2.75, 3.05) is 26.2 Å². The monoisotopic (exact) mass is 550 g/mol. The number of hydrogen-bond donors (Lipinski definition) is 3. The minimum absolute atomic E-state index is 0. The quantitative estimate of drug-likeness (QED) is 0.204. The van der Waals surface area contributed by atoms with Crippen molar-refractivity contribution in [2.24, 2.45) is 4.99 Å². The molecule has 1 amide bonds. The summed E-state index contributed by atoms with van der Waals surface area (Å²) in [5.41, 5.74) is 1.93. The SMILES string of the molecule is CCNC(=NCCNC(=O)c1cccnc1)NC1CCN(Cc2ccccc2)C(C)C1.I. The Kier molecular flexibility index (Phi) is 11.4. The Morgan fingerprint density at radius 2 is 2.00 bits per heavy atom. The molecule has 8 heteroatoms. The Labute approximate surface area is 208 Å². The zero-order chi connectivity index (χ0) is 21.9. The summed E-state index contributed by atoms with van der Waals surface area (Å²) in [5, 5.41) is 9.79. The Bertz CT molecular complexity index is 833. The van der Waals surface area contributed by atoms with Gasteiger partial charge >= 0.3 is 0 Å². The van der Waals surface area contributed by atoms with E-state index in [2.05, 4.69) is 75.0 Å². The number of aliphatic imine (C=N–C) groups is 1. The smallest absolute Gasteiger partial charge is 0.252 e. The van der Waals surface area contributed by atoms with E-state index < -0.39 is 0 Å². The van der Waals surface area contributed by atoms with Gasteiger partial charge in [-0.05, 0) is 44.4 Å². The molecule has 0 aliphatic carbocycles. The number of nitrogens with one attached hydrogen (secondary N) is 3. The number of hydrogen-bond acceptors (Lipinski definition) is 4. The van der Waals surface area contributed by atoms with Gasteiger partial charge in [0.25, 0.3) is 5.91 Å². The topological polar surface area (TPSA) is 81.6 Å². The molecule has 1 aromatic heterocycles. The van der Waals surface area contributed by atoms with Gasteiger partial charge in [-0.1, -0.05) is 30.3 Å². The maximum atomic E-state index is 12.1. The summed E-state index contributed by atoms with van der Waals surface area (Å²) < 4.78 is 0. The molecular formula is C24H35IN6O. The summed E-state index contributed by atoms with van der Waals surface area (Å²) in [5.74, 6) is 0.688. The molecule has 1 aromatic carbocycles. The van der Waals surface area contributed by atoms with Crippen molar-refractivity contribution in [1.82, 2.24) is 25.8 Å². The molecule has 2 aromatic rings.